The SMILES string of the molecule is CC(C)(C)[C@@H](COC(=O)NCC1CCC(=O)N1)N1Cc2cc(Br)ccc2C1=O. The predicted octanol–water partition coefficient (Wildman–Crippen LogP) is 2.82. The van der Waals surface area contributed by atoms with Crippen molar-refractivity contribution in [1.82, 2.24) is 15.5 Å². The Bertz CT molecular complexity index is 790. The van der Waals surface area contributed by atoms with Crippen LogP contribution in [-0.4, -0.2) is 48.0 Å². The number of hydrogen-bond acceptors (Lipinski definition) is 4. The van der Waals surface area contributed by atoms with Gasteiger partial charge in [-0.25, -0.2) is 4.79 Å². The average molecular weight is 452 g/mol. The van der Waals surface area contributed by atoms with E-state index in [1.165, 1.54) is 0 Å². The third-order valence-corrected chi connectivity index (χ3v) is 5.72. The van der Waals surface area contributed by atoms with Crippen molar-refractivity contribution in [3.63, 3.8) is 0 Å². The number of halogens is 1. The van der Waals surface area contributed by atoms with Crippen molar-refractivity contribution in [1.29, 1.82) is 0 Å². The smallest absolute Gasteiger partial charge is 0.407 e. The van der Waals surface area contributed by atoms with Gasteiger partial charge in [0.15, 0.2) is 0 Å². The Kier molecular flexibility index (Phi) is 5.98. The number of fused-ring (bicyclic) bond motifs is 1. The van der Waals surface area contributed by atoms with Crippen LogP contribution in [-0.2, 0) is 16.1 Å². The molecule has 7 nitrogen and oxygen atoms in total. The number of nitrogens with zero attached hydrogens (tertiary/aromatic N) is 1. The zero-order valence-electron chi connectivity index (χ0n) is 16.4. The summed E-state index contributed by atoms with van der Waals surface area (Å²) in [7, 11) is 0. The molecule has 1 aromatic rings. The van der Waals surface area contributed by atoms with E-state index in [1.807, 2.05) is 39.0 Å². The number of nitrogens with one attached hydrogen (secondary N) is 2. The van der Waals surface area contributed by atoms with Gasteiger partial charge in [0.1, 0.15) is 6.61 Å². The first-order valence-electron chi connectivity index (χ1n) is 9.44. The van der Waals surface area contributed by atoms with E-state index in [0.29, 0.717) is 31.5 Å². The van der Waals surface area contributed by atoms with Crippen LogP contribution in [0.2, 0.25) is 0 Å². The number of rotatable bonds is 5. The lowest BCUT2D eigenvalue weighted by molar-refractivity contribution is -0.119. The Hall–Kier alpha value is -2.09. The highest BCUT2D eigenvalue weighted by atomic mass is 79.9. The summed E-state index contributed by atoms with van der Waals surface area (Å²) in [6.45, 7) is 7.02. The van der Waals surface area contributed by atoms with E-state index in [-0.39, 0.29) is 35.9 Å². The first-order chi connectivity index (χ1) is 13.1. The summed E-state index contributed by atoms with van der Waals surface area (Å²) in [5.74, 6) is -0.0354. The van der Waals surface area contributed by atoms with Gasteiger partial charge >= 0.3 is 6.09 Å². The number of hydrogen-bond donors (Lipinski definition) is 2. The van der Waals surface area contributed by atoms with Crippen molar-refractivity contribution < 1.29 is 19.1 Å². The summed E-state index contributed by atoms with van der Waals surface area (Å²) in [6.07, 6.45) is 0.656. The molecule has 0 aliphatic carbocycles. The van der Waals surface area contributed by atoms with Crippen molar-refractivity contribution in [2.75, 3.05) is 13.2 Å². The summed E-state index contributed by atoms with van der Waals surface area (Å²) in [5, 5.41) is 5.49. The molecule has 8 heteroatoms. The summed E-state index contributed by atoms with van der Waals surface area (Å²) in [5.41, 5.74) is 1.39. The fourth-order valence-corrected chi connectivity index (χ4v) is 4.02. The molecule has 28 heavy (non-hydrogen) atoms. The van der Waals surface area contributed by atoms with E-state index >= 15 is 0 Å². The van der Waals surface area contributed by atoms with Gasteiger partial charge in [-0.2, -0.15) is 0 Å². The van der Waals surface area contributed by atoms with Crippen LogP contribution < -0.4 is 10.6 Å². The van der Waals surface area contributed by atoms with Gasteiger partial charge in [-0.1, -0.05) is 36.7 Å². The maximum Gasteiger partial charge on any atom is 0.407 e. The Labute approximate surface area is 173 Å². The molecule has 2 atom stereocenters. The van der Waals surface area contributed by atoms with Gasteiger partial charge in [0, 0.05) is 35.6 Å². The first kappa shape index (κ1) is 20.6. The summed E-state index contributed by atoms with van der Waals surface area (Å²) >= 11 is 3.45. The maximum absolute atomic E-state index is 12.9. The highest BCUT2D eigenvalue weighted by molar-refractivity contribution is 9.10. The highest BCUT2D eigenvalue weighted by Gasteiger charge is 2.39. The molecule has 0 bridgehead atoms. The molecule has 1 unspecified atom stereocenters. The largest absolute Gasteiger partial charge is 0.447 e. The van der Waals surface area contributed by atoms with Crippen LogP contribution in [0.25, 0.3) is 0 Å². The van der Waals surface area contributed by atoms with Gasteiger partial charge in [-0.05, 0) is 35.6 Å². The number of ether oxygens (including phenoxy) is 1. The fraction of sp³-hybridized carbons (Fsp3) is 0.550. The minimum absolute atomic E-state index is 0.00622. The van der Waals surface area contributed by atoms with Crippen LogP contribution in [0.5, 0.6) is 0 Å². The normalized spacial score (nSPS) is 20.0. The third kappa shape index (κ3) is 4.66. The molecule has 3 rings (SSSR count). The van der Waals surface area contributed by atoms with E-state index in [2.05, 4.69) is 26.6 Å². The van der Waals surface area contributed by atoms with E-state index in [0.717, 1.165) is 10.0 Å². The second-order valence-electron chi connectivity index (χ2n) is 8.40. The van der Waals surface area contributed by atoms with Crippen molar-refractivity contribution in [2.24, 2.45) is 5.41 Å². The first-order valence-corrected chi connectivity index (χ1v) is 10.2. The standard InChI is InChI=1S/C20H26BrN3O4/c1-20(2,3)16(11-28-19(27)22-9-14-5-7-17(25)23-14)24-10-12-8-13(21)4-6-15(12)18(24)26/h4,6,8,14,16H,5,7,9-11H2,1-3H3,(H,22,27)(H,23,25)/t14?,16-/m1/s1. The number of amides is 3. The molecule has 1 saturated heterocycles. The molecule has 0 saturated carbocycles. The van der Waals surface area contributed by atoms with Gasteiger partial charge in [0.2, 0.25) is 5.91 Å². The topological polar surface area (TPSA) is 87.7 Å². The average Bonchev–Trinajstić information content (AvgIpc) is 3.15. The third-order valence-electron chi connectivity index (χ3n) is 5.23. The minimum atomic E-state index is -0.540. The zero-order chi connectivity index (χ0) is 20.5. The molecule has 2 aliphatic heterocycles. The Morgan fingerprint density at radius 1 is 1.39 bits per heavy atom. The van der Waals surface area contributed by atoms with E-state index < -0.39 is 6.09 Å². The van der Waals surface area contributed by atoms with Crippen molar-refractivity contribution in [3.05, 3.63) is 33.8 Å². The second-order valence-corrected chi connectivity index (χ2v) is 9.31. The molecule has 2 heterocycles. The minimum Gasteiger partial charge on any atom is -0.447 e. The number of benzene rings is 1. The number of carbonyl (C=O) groups is 3. The van der Waals surface area contributed by atoms with E-state index in [1.54, 1.807) is 4.90 Å². The molecule has 3 amide bonds. The molecule has 2 N–H and O–H groups in total. The Morgan fingerprint density at radius 2 is 2.14 bits per heavy atom. The van der Waals surface area contributed by atoms with Crippen LogP contribution in [0.15, 0.2) is 22.7 Å². The van der Waals surface area contributed by atoms with Crippen LogP contribution in [0, 0.1) is 5.41 Å². The van der Waals surface area contributed by atoms with Crippen molar-refractivity contribution in [3.8, 4) is 0 Å². The molecular formula is C20H26BrN3O4. The second kappa shape index (κ2) is 8.11. The molecule has 0 aromatic heterocycles. The van der Waals surface area contributed by atoms with Crippen LogP contribution in [0.1, 0.15) is 49.5 Å². The lowest BCUT2D eigenvalue weighted by Crippen LogP contribution is -2.48. The van der Waals surface area contributed by atoms with Gasteiger partial charge in [0.05, 0.1) is 6.04 Å². The summed E-state index contributed by atoms with van der Waals surface area (Å²) in [4.78, 5) is 38.0. The number of alkyl carbamates (subject to hydrolysis) is 1. The molecule has 152 valence electrons. The van der Waals surface area contributed by atoms with Crippen molar-refractivity contribution in [2.45, 2.75) is 52.2 Å². The predicted molar refractivity (Wildman–Crippen MR) is 108 cm³/mol. The zero-order valence-corrected chi connectivity index (χ0v) is 18.0. The van der Waals surface area contributed by atoms with Gasteiger partial charge in [0.25, 0.3) is 5.91 Å². The quantitative estimate of drug-likeness (QED) is 0.720. The Balaban J connectivity index is 1.60. The molecule has 1 aromatic carbocycles. The number of carbonyl (C=O) groups excluding carboxylic acids is 3. The highest BCUT2D eigenvalue weighted by Crippen LogP contribution is 2.33. The van der Waals surface area contributed by atoms with Crippen LogP contribution >= 0.6 is 15.9 Å². The summed E-state index contributed by atoms with van der Waals surface area (Å²) in [6, 6.07) is 5.33. The lowest BCUT2D eigenvalue weighted by Gasteiger charge is -2.37. The molecular weight excluding hydrogens is 426 g/mol. The van der Waals surface area contributed by atoms with Crippen LogP contribution in [0.3, 0.4) is 0 Å². The van der Waals surface area contributed by atoms with Gasteiger partial charge in [-0.3, -0.25) is 9.59 Å². The van der Waals surface area contributed by atoms with Gasteiger partial charge < -0.3 is 20.3 Å². The fourth-order valence-electron chi connectivity index (χ4n) is 3.61. The van der Waals surface area contributed by atoms with Crippen LogP contribution in [0.4, 0.5) is 4.79 Å². The molecule has 0 radical (unpaired) electrons. The summed E-state index contributed by atoms with van der Waals surface area (Å²) < 4.78 is 6.37. The molecule has 0 spiro atoms. The van der Waals surface area contributed by atoms with E-state index in [9.17, 15) is 14.4 Å². The van der Waals surface area contributed by atoms with E-state index in [4.69, 9.17) is 4.74 Å². The van der Waals surface area contributed by atoms with Gasteiger partial charge in [-0.15, -0.1) is 0 Å². The monoisotopic (exact) mass is 451 g/mol. The lowest BCUT2D eigenvalue weighted by atomic mass is 9.86. The Morgan fingerprint density at radius 3 is 2.79 bits per heavy atom. The van der Waals surface area contributed by atoms with Crippen molar-refractivity contribution >= 4 is 33.8 Å². The molecule has 2 aliphatic rings. The molecule has 1 fully saturated rings. The maximum atomic E-state index is 12.9.